The predicted molar refractivity (Wildman–Crippen MR) is 84.8 cm³/mol. The molecule has 0 radical (unpaired) electrons. The van der Waals surface area contributed by atoms with Crippen LogP contribution in [0.1, 0.15) is 69.8 Å². The fourth-order valence-electron chi connectivity index (χ4n) is 3.24. The van der Waals surface area contributed by atoms with Crippen molar-refractivity contribution in [1.82, 2.24) is 0 Å². The molecule has 0 aromatic heterocycles. The number of aryl methyl sites for hydroxylation is 1. The van der Waals surface area contributed by atoms with Gasteiger partial charge in [0.05, 0.1) is 0 Å². The van der Waals surface area contributed by atoms with Crippen LogP contribution in [-0.2, 0) is 6.42 Å². The topological polar surface area (TPSA) is 0 Å². The van der Waals surface area contributed by atoms with E-state index < -0.39 is 0 Å². The molecular weight excluding hydrogens is 252 g/mol. The standard InChI is InChI=1S/C18H27Cl/c19-18-14-12-17(13-15-18)11-5-2-1-4-8-16-9-6-3-7-10-16/h12-16H,1-11H2. The minimum Gasteiger partial charge on any atom is -0.0843 e. The van der Waals surface area contributed by atoms with Crippen molar-refractivity contribution in [3.05, 3.63) is 34.9 Å². The molecule has 0 spiro atoms. The molecule has 1 aromatic carbocycles. The SMILES string of the molecule is Clc1ccc(CCCCCCC2CCCCC2)cc1. The van der Waals surface area contributed by atoms with Gasteiger partial charge in [0.25, 0.3) is 0 Å². The zero-order valence-electron chi connectivity index (χ0n) is 12.0. The summed E-state index contributed by atoms with van der Waals surface area (Å²) in [7, 11) is 0. The van der Waals surface area contributed by atoms with Gasteiger partial charge in [-0.3, -0.25) is 0 Å². The maximum Gasteiger partial charge on any atom is 0.0406 e. The largest absolute Gasteiger partial charge is 0.0843 e. The van der Waals surface area contributed by atoms with Gasteiger partial charge in [0.15, 0.2) is 0 Å². The van der Waals surface area contributed by atoms with Gasteiger partial charge >= 0.3 is 0 Å². The van der Waals surface area contributed by atoms with Crippen molar-refractivity contribution in [3.63, 3.8) is 0 Å². The average molecular weight is 279 g/mol. The number of halogens is 1. The Bertz CT molecular complexity index is 335. The van der Waals surface area contributed by atoms with Crippen LogP contribution < -0.4 is 0 Å². The Morgan fingerprint density at radius 3 is 2.26 bits per heavy atom. The first-order chi connectivity index (χ1) is 9.34. The Hall–Kier alpha value is -0.490. The van der Waals surface area contributed by atoms with Crippen molar-refractivity contribution in [3.8, 4) is 0 Å². The smallest absolute Gasteiger partial charge is 0.0406 e. The molecule has 1 fully saturated rings. The number of hydrogen-bond donors (Lipinski definition) is 0. The van der Waals surface area contributed by atoms with E-state index >= 15 is 0 Å². The van der Waals surface area contributed by atoms with Crippen LogP contribution in [0, 0.1) is 5.92 Å². The molecule has 0 aliphatic heterocycles. The lowest BCUT2D eigenvalue weighted by molar-refractivity contribution is 0.328. The quantitative estimate of drug-likeness (QED) is 0.505. The van der Waals surface area contributed by atoms with Gasteiger partial charge in [-0.2, -0.15) is 0 Å². The van der Waals surface area contributed by atoms with Crippen LogP contribution in [0.15, 0.2) is 24.3 Å². The molecule has 0 atom stereocenters. The van der Waals surface area contributed by atoms with E-state index in [2.05, 4.69) is 12.1 Å². The van der Waals surface area contributed by atoms with E-state index in [1.165, 1.54) is 76.2 Å². The third kappa shape index (κ3) is 5.99. The van der Waals surface area contributed by atoms with Gasteiger partial charge in [-0.15, -0.1) is 0 Å². The zero-order valence-corrected chi connectivity index (χ0v) is 12.8. The molecule has 0 bridgehead atoms. The maximum absolute atomic E-state index is 5.89. The van der Waals surface area contributed by atoms with E-state index in [0.29, 0.717) is 0 Å². The highest BCUT2D eigenvalue weighted by atomic mass is 35.5. The van der Waals surface area contributed by atoms with Crippen molar-refractivity contribution < 1.29 is 0 Å². The Kier molecular flexibility index (Phi) is 6.78. The van der Waals surface area contributed by atoms with E-state index in [1.54, 1.807) is 0 Å². The Morgan fingerprint density at radius 1 is 0.842 bits per heavy atom. The summed E-state index contributed by atoms with van der Waals surface area (Å²) in [5.41, 5.74) is 1.43. The molecule has 1 aliphatic carbocycles. The Morgan fingerprint density at radius 2 is 1.53 bits per heavy atom. The summed E-state index contributed by atoms with van der Waals surface area (Å²) in [6, 6.07) is 8.31. The molecule has 0 unspecified atom stereocenters. The molecule has 0 N–H and O–H groups in total. The van der Waals surface area contributed by atoms with Crippen molar-refractivity contribution in [2.75, 3.05) is 0 Å². The lowest BCUT2D eigenvalue weighted by atomic mass is 9.85. The van der Waals surface area contributed by atoms with Gasteiger partial charge < -0.3 is 0 Å². The highest BCUT2D eigenvalue weighted by Crippen LogP contribution is 2.28. The van der Waals surface area contributed by atoms with Crippen LogP contribution in [0.2, 0.25) is 5.02 Å². The normalized spacial score (nSPS) is 16.7. The minimum atomic E-state index is 0.844. The monoisotopic (exact) mass is 278 g/mol. The van der Waals surface area contributed by atoms with E-state index in [9.17, 15) is 0 Å². The lowest BCUT2D eigenvalue weighted by Crippen LogP contribution is -2.05. The fourth-order valence-corrected chi connectivity index (χ4v) is 3.37. The van der Waals surface area contributed by atoms with Crippen molar-refractivity contribution in [1.29, 1.82) is 0 Å². The second kappa shape index (κ2) is 8.64. The van der Waals surface area contributed by atoms with Gasteiger partial charge in [0, 0.05) is 5.02 Å². The molecule has 0 nitrogen and oxygen atoms in total. The van der Waals surface area contributed by atoms with E-state index in [1.807, 2.05) is 12.1 Å². The molecule has 1 aromatic rings. The van der Waals surface area contributed by atoms with Crippen LogP contribution in [0.4, 0.5) is 0 Å². The number of rotatable bonds is 7. The molecule has 19 heavy (non-hydrogen) atoms. The molecule has 1 aliphatic rings. The first kappa shape index (κ1) is 14.9. The molecular formula is C18H27Cl. The molecule has 106 valence electrons. The second-order valence-electron chi connectivity index (χ2n) is 6.08. The van der Waals surface area contributed by atoms with Crippen LogP contribution in [0.25, 0.3) is 0 Å². The van der Waals surface area contributed by atoms with Gasteiger partial charge in [-0.1, -0.05) is 81.5 Å². The van der Waals surface area contributed by atoms with Crippen LogP contribution in [0.5, 0.6) is 0 Å². The molecule has 0 heterocycles. The fraction of sp³-hybridized carbons (Fsp3) is 0.667. The number of hydrogen-bond acceptors (Lipinski definition) is 0. The summed E-state index contributed by atoms with van der Waals surface area (Å²) >= 11 is 5.89. The van der Waals surface area contributed by atoms with Gasteiger partial charge in [-0.05, 0) is 36.5 Å². The average Bonchev–Trinajstić information content (AvgIpc) is 2.46. The van der Waals surface area contributed by atoms with Gasteiger partial charge in [0.1, 0.15) is 0 Å². The molecule has 1 heteroatoms. The first-order valence-corrected chi connectivity index (χ1v) is 8.47. The minimum absolute atomic E-state index is 0.844. The molecule has 1 saturated carbocycles. The summed E-state index contributed by atoms with van der Waals surface area (Å²) in [6.45, 7) is 0. The van der Waals surface area contributed by atoms with E-state index in [-0.39, 0.29) is 0 Å². The number of unbranched alkanes of at least 4 members (excludes halogenated alkanes) is 3. The van der Waals surface area contributed by atoms with Crippen LogP contribution in [0.3, 0.4) is 0 Å². The van der Waals surface area contributed by atoms with E-state index in [0.717, 1.165) is 10.9 Å². The summed E-state index contributed by atoms with van der Waals surface area (Å²) in [5.74, 6) is 1.06. The highest BCUT2D eigenvalue weighted by molar-refractivity contribution is 6.30. The van der Waals surface area contributed by atoms with Gasteiger partial charge in [0.2, 0.25) is 0 Å². The van der Waals surface area contributed by atoms with E-state index in [4.69, 9.17) is 11.6 Å². The van der Waals surface area contributed by atoms with Crippen molar-refractivity contribution in [2.24, 2.45) is 5.92 Å². The third-order valence-corrected chi connectivity index (χ3v) is 4.72. The molecule has 2 rings (SSSR count). The summed E-state index contributed by atoms with van der Waals surface area (Å²) in [5, 5.41) is 0.844. The first-order valence-electron chi connectivity index (χ1n) is 8.09. The molecule has 0 amide bonds. The maximum atomic E-state index is 5.89. The predicted octanol–water partition coefficient (Wildman–Crippen LogP) is 6.41. The Labute approximate surface area is 123 Å². The summed E-state index contributed by atoms with van der Waals surface area (Å²) < 4.78 is 0. The number of benzene rings is 1. The van der Waals surface area contributed by atoms with Gasteiger partial charge in [-0.25, -0.2) is 0 Å². The lowest BCUT2D eigenvalue weighted by Gasteiger charge is -2.21. The van der Waals surface area contributed by atoms with Crippen molar-refractivity contribution in [2.45, 2.75) is 70.6 Å². The third-order valence-electron chi connectivity index (χ3n) is 4.47. The zero-order chi connectivity index (χ0) is 13.3. The van der Waals surface area contributed by atoms with Crippen molar-refractivity contribution >= 4 is 11.6 Å². The summed E-state index contributed by atoms with van der Waals surface area (Å²) in [6.07, 6.45) is 15.7. The highest BCUT2D eigenvalue weighted by Gasteiger charge is 2.12. The second-order valence-corrected chi connectivity index (χ2v) is 6.52. The summed E-state index contributed by atoms with van der Waals surface area (Å²) in [4.78, 5) is 0. The Balaban J connectivity index is 1.49. The molecule has 0 saturated heterocycles. The van der Waals surface area contributed by atoms with Crippen LogP contribution in [-0.4, -0.2) is 0 Å². The van der Waals surface area contributed by atoms with Crippen LogP contribution >= 0.6 is 11.6 Å².